The van der Waals surface area contributed by atoms with Crippen LogP contribution in [0, 0.1) is 6.92 Å². The van der Waals surface area contributed by atoms with Crippen molar-refractivity contribution in [3.05, 3.63) is 63.7 Å². The van der Waals surface area contributed by atoms with Crippen molar-refractivity contribution in [1.82, 2.24) is 0 Å². The molecular formula is C18H17ClO2. The average Bonchev–Trinajstić information content (AvgIpc) is 2.89. The summed E-state index contributed by atoms with van der Waals surface area (Å²) in [5.41, 5.74) is 4.26. The van der Waals surface area contributed by atoms with E-state index in [1.807, 2.05) is 43.3 Å². The maximum atomic E-state index is 12.3. The molecule has 2 nitrogen and oxygen atoms in total. The average molecular weight is 301 g/mol. The summed E-state index contributed by atoms with van der Waals surface area (Å²) in [6.07, 6.45) is 1.69. The van der Waals surface area contributed by atoms with Gasteiger partial charge in [-0.3, -0.25) is 4.79 Å². The molecule has 0 aromatic heterocycles. The van der Waals surface area contributed by atoms with Gasteiger partial charge in [0.15, 0.2) is 0 Å². The number of hydrogen-bond donors (Lipinski definition) is 0. The van der Waals surface area contributed by atoms with Gasteiger partial charge in [0.25, 0.3) is 0 Å². The van der Waals surface area contributed by atoms with Crippen LogP contribution in [0.5, 0.6) is 5.75 Å². The first-order valence-electron chi connectivity index (χ1n) is 7.14. The lowest BCUT2D eigenvalue weighted by Gasteiger charge is -2.09. The Morgan fingerprint density at radius 3 is 2.76 bits per heavy atom. The van der Waals surface area contributed by atoms with Crippen LogP contribution in [0.25, 0.3) is 0 Å². The van der Waals surface area contributed by atoms with Crippen LogP contribution in [0.1, 0.15) is 22.3 Å². The Hall–Kier alpha value is -1.80. The number of ketones is 1. The molecule has 0 radical (unpaired) electrons. The van der Waals surface area contributed by atoms with Crippen molar-refractivity contribution in [1.29, 1.82) is 0 Å². The van der Waals surface area contributed by atoms with E-state index in [-0.39, 0.29) is 5.78 Å². The third-order valence-electron chi connectivity index (χ3n) is 3.86. The Labute approximate surface area is 129 Å². The van der Waals surface area contributed by atoms with Gasteiger partial charge in [0.1, 0.15) is 11.5 Å². The van der Waals surface area contributed by atoms with E-state index < -0.39 is 0 Å². The number of carbonyl (C=O) groups excluding carboxylic acids is 1. The molecule has 0 bridgehead atoms. The van der Waals surface area contributed by atoms with Gasteiger partial charge in [-0.15, -0.1) is 0 Å². The number of carbonyl (C=O) groups is 1. The molecule has 0 amide bonds. The third-order valence-corrected chi connectivity index (χ3v) is 4.08. The Morgan fingerprint density at radius 1 is 1.19 bits per heavy atom. The molecule has 108 valence electrons. The van der Waals surface area contributed by atoms with Crippen molar-refractivity contribution in [3.63, 3.8) is 0 Å². The minimum Gasteiger partial charge on any atom is -0.493 e. The zero-order valence-corrected chi connectivity index (χ0v) is 12.7. The fourth-order valence-electron chi connectivity index (χ4n) is 2.77. The molecule has 0 fully saturated rings. The van der Waals surface area contributed by atoms with Gasteiger partial charge in [-0.2, -0.15) is 0 Å². The number of ether oxygens (including phenoxy) is 1. The van der Waals surface area contributed by atoms with Crippen LogP contribution in [-0.4, -0.2) is 12.4 Å². The van der Waals surface area contributed by atoms with Gasteiger partial charge in [-0.05, 0) is 35.7 Å². The van der Waals surface area contributed by atoms with Crippen molar-refractivity contribution >= 4 is 17.4 Å². The standard InChI is InChI=1S/C18H17ClO2/c1-12-4-2-3-5-13(12)10-17(20)11-15-9-16(19)8-14-6-7-21-18(14)15/h2-5,8-9H,6-7,10-11H2,1H3. The summed E-state index contributed by atoms with van der Waals surface area (Å²) in [5, 5.41) is 0.679. The number of fused-ring (bicyclic) bond motifs is 1. The van der Waals surface area contributed by atoms with E-state index in [1.54, 1.807) is 0 Å². The number of Topliss-reactive ketones (excluding diaryl/α,β-unsaturated/α-hetero) is 1. The van der Waals surface area contributed by atoms with Crippen LogP contribution in [0.2, 0.25) is 5.02 Å². The number of halogens is 1. The zero-order valence-electron chi connectivity index (χ0n) is 12.0. The summed E-state index contributed by atoms with van der Waals surface area (Å²) in [5.74, 6) is 1.04. The van der Waals surface area contributed by atoms with Crippen LogP contribution in [0.15, 0.2) is 36.4 Å². The highest BCUT2D eigenvalue weighted by Gasteiger charge is 2.19. The molecule has 0 spiro atoms. The lowest BCUT2D eigenvalue weighted by Crippen LogP contribution is -2.08. The van der Waals surface area contributed by atoms with Gasteiger partial charge in [-0.1, -0.05) is 35.9 Å². The Kier molecular flexibility index (Phi) is 3.98. The Bertz CT molecular complexity index is 692. The second-order valence-corrected chi connectivity index (χ2v) is 5.91. The fourth-order valence-corrected chi connectivity index (χ4v) is 3.04. The molecular weight excluding hydrogens is 284 g/mol. The van der Waals surface area contributed by atoms with Crippen LogP contribution >= 0.6 is 11.6 Å². The summed E-state index contributed by atoms with van der Waals surface area (Å²) >= 11 is 6.13. The maximum absolute atomic E-state index is 12.3. The maximum Gasteiger partial charge on any atom is 0.141 e. The molecule has 0 atom stereocenters. The highest BCUT2D eigenvalue weighted by atomic mass is 35.5. The van der Waals surface area contributed by atoms with Crippen LogP contribution < -0.4 is 4.74 Å². The molecule has 3 heteroatoms. The molecule has 21 heavy (non-hydrogen) atoms. The number of aryl methyl sites for hydroxylation is 1. The van der Waals surface area contributed by atoms with E-state index in [9.17, 15) is 4.79 Å². The summed E-state index contributed by atoms with van der Waals surface area (Å²) < 4.78 is 5.65. The lowest BCUT2D eigenvalue weighted by atomic mass is 9.98. The second-order valence-electron chi connectivity index (χ2n) is 5.47. The molecule has 2 aromatic rings. The Morgan fingerprint density at radius 2 is 1.95 bits per heavy atom. The van der Waals surface area contributed by atoms with E-state index in [0.717, 1.165) is 34.4 Å². The van der Waals surface area contributed by atoms with Crippen LogP contribution in [0.3, 0.4) is 0 Å². The first kappa shape index (κ1) is 14.2. The highest BCUT2D eigenvalue weighted by Crippen LogP contribution is 2.33. The van der Waals surface area contributed by atoms with Gasteiger partial charge in [0.2, 0.25) is 0 Å². The first-order chi connectivity index (χ1) is 10.1. The molecule has 0 aliphatic carbocycles. The monoisotopic (exact) mass is 300 g/mol. The highest BCUT2D eigenvalue weighted by molar-refractivity contribution is 6.30. The molecule has 0 saturated carbocycles. The minimum absolute atomic E-state index is 0.185. The Balaban J connectivity index is 1.78. The molecule has 0 N–H and O–H groups in total. The second kappa shape index (κ2) is 5.90. The quantitative estimate of drug-likeness (QED) is 0.855. The third kappa shape index (κ3) is 3.11. The smallest absolute Gasteiger partial charge is 0.141 e. The van der Waals surface area contributed by atoms with E-state index >= 15 is 0 Å². The summed E-state index contributed by atoms with van der Waals surface area (Å²) in [7, 11) is 0. The zero-order chi connectivity index (χ0) is 14.8. The van der Waals surface area contributed by atoms with Crippen LogP contribution in [0.4, 0.5) is 0 Å². The van der Waals surface area contributed by atoms with E-state index in [1.165, 1.54) is 0 Å². The van der Waals surface area contributed by atoms with Crippen LogP contribution in [-0.2, 0) is 24.1 Å². The first-order valence-corrected chi connectivity index (χ1v) is 7.51. The van der Waals surface area contributed by atoms with Gasteiger partial charge in [0, 0.05) is 29.8 Å². The molecule has 0 unspecified atom stereocenters. The van der Waals surface area contributed by atoms with Crippen molar-refractivity contribution in [2.75, 3.05) is 6.61 Å². The van der Waals surface area contributed by atoms with Gasteiger partial charge < -0.3 is 4.74 Å². The van der Waals surface area contributed by atoms with E-state index in [2.05, 4.69) is 0 Å². The fraction of sp³-hybridized carbons (Fsp3) is 0.278. The SMILES string of the molecule is Cc1ccccc1CC(=O)Cc1cc(Cl)cc2c1OCC2. The minimum atomic E-state index is 0.185. The van der Waals surface area contributed by atoms with E-state index in [0.29, 0.717) is 24.5 Å². The lowest BCUT2D eigenvalue weighted by molar-refractivity contribution is -0.117. The summed E-state index contributed by atoms with van der Waals surface area (Å²) in [4.78, 5) is 12.3. The van der Waals surface area contributed by atoms with Crippen molar-refractivity contribution in [2.24, 2.45) is 0 Å². The number of rotatable bonds is 4. The molecule has 0 saturated heterocycles. The van der Waals surface area contributed by atoms with Crippen molar-refractivity contribution in [3.8, 4) is 5.75 Å². The molecule has 1 aliphatic heterocycles. The summed E-state index contributed by atoms with van der Waals surface area (Å²) in [6, 6.07) is 11.8. The number of hydrogen-bond acceptors (Lipinski definition) is 2. The topological polar surface area (TPSA) is 26.3 Å². The molecule has 1 aliphatic rings. The van der Waals surface area contributed by atoms with E-state index in [4.69, 9.17) is 16.3 Å². The van der Waals surface area contributed by atoms with Gasteiger partial charge in [0.05, 0.1) is 6.61 Å². The van der Waals surface area contributed by atoms with Gasteiger partial charge >= 0.3 is 0 Å². The molecule has 2 aromatic carbocycles. The summed E-state index contributed by atoms with van der Waals surface area (Å²) in [6.45, 7) is 2.71. The van der Waals surface area contributed by atoms with Crippen molar-refractivity contribution in [2.45, 2.75) is 26.2 Å². The molecule has 1 heterocycles. The predicted octanol–water partition coefficient (Wildman–Crippen LogP) is 3.94. The normalized spacial score (nSPS) is 12.9. The number of benzene rings is 2. The largest absolute Gasteiger partial charge is 0.493 e. The van der Waals surface area contributed by atoms with Crippen molar-refractivity contribution < 1.29 is 9.53 Å². The van der Waals surface area contributed by atoms with Gasteiger partial charge in [-0.25, -0.2) is 0 Å². The predicted molar refractivity (Wildman–Crippen MR) is 84.2 cm³/mol. The molecule has 3 rings (SSSR count).